The lowest BCUT2D eigenvalue weighted by Gasteiger charge is -2.17. The fraction of sp³-hybridized carbons (Fsp3) is 0.143. The van der Waals surface area contributed by atoms with Crippen LogP contribution in [0.2, 0.25) is 0 Å². The lowest BCUT2D eigenvalue weighted by Crippen LogP contribution is -2.24. The van der Waals surface area contributed by atoms with E-state index in [0.717, 1.165) is 22.3 Å². The zero-order valence-electron chi connectivity index (χ0n) is 14.1. The molecule has 1 aliphatic carbocycles. The summed E-state index contributed by atoms with van der Waals surface area (Å²) in [5.41, 5.74) is 3.65. The van der Waals surface area contributed by atoms with Gasteiger partial charge in [0.05, 0.1) is 17.7 Å². The summed E-state index contributed by atoms with van der Waals surface area (Å²) in [5.74, 6) is -3.03. The summed E-state index contributed by atoms with van der Waals surface area (Å²) in [5, 5.41) is 47.5. The molecule has 6 nitrogen and oxygen atoms in total. The molecule has 27 heavy (non-hydrogen) atoms. The van der Waals surface area contributed by atoms with Gasteiger partial charge in [-0.1, -0.05) is 48.6 Å². The van der Waals surface area contributed by atoms with Crippen LogP contribution in [-0.2, 0) is 5.97 Å². The van der Waals surface area contributed by atoms with Crippen molar-refractivity contribution in [3.05, 3.63) is 77.6 Å². The van der Waals surface area contributed by atoms with Gasteiger partial charge < -0.3 is 29.9 Å². The molecular weight excluding hydrogens is 348 g/mol. The van der Waals surface area contributed by atoms with E-state index >= 15 is 0 Å². The first-order valence-corrected chi connectivity index (χ1v) is 8.39. The maximum Gasteiger partial charge on any atom is 0.305 e. The third-order valence-electron chi connectivity index (χ3n) is 4.74. The van der Waals surface area contributed by atoms with Gasteiger partial charge in [0.25, 0.3) is 0 Å². The highest BCUT2D eigenvalue weighted by Crippen LogP contribution is 2.37. The van der Waals surface area contributed by atoms with Crippen molar-refractivity contribution in [1.82, 2.24) is 0 Å². The molecule has 0 amide bonds. The summed E-state index contributed by atoms with van der Waals surface area (Å²) in [6, 6.07) is 13.7. The van der Waals surface area contributed by atoms with Crippen LogP contribution < -0.4 is 0 Å². The van der Waals surface area contributed by atoms with Crippen LogP contribution in [0, 0.1) is 0 Å². The minimum absolute atomic E-state index is 0.0810. The molecule has 0 fully saturated rings. The number of hydrogen-bond donors (Lipinski definition) is 5. The van der Waals surface area contributed by atoms with Gasteiger partial charge in [-0.2, -0.15) is 0 Å². The number of furan rings is 1. The first kappa shape index (κ1) is 17.7. The fourth-order valence-electron chi connectivity index (χ4n) is 3.39. The Kier molecular flexibility index (Phi) is 4.22. The van der Waals surface area contributed by atoms with Gasteiger partial charge in [0, 0.05) is 11.1 Å². The van der Waals surface area contributed by atoms with Gasteiger partial charge in [-0.05, 0) is 28.8 Å². The van der Waals surface area contributed by atoms with Crippen molar-refractivity contribution in [3.63, 3.8) is 0 Å². The minimum Gasteiger partial charge on any atom is -0.464 e. The quantitative estimate of drug-likeness (QED) is 0.452. The molecular formula is C21H18O6. The molecule has 0 saturated heterocycles. The summed E-state index contributed by atoms with van der Waals surface area (Å²) in [6.07, 6.45) is 3.69. The Balaban J connectivity index is 1.70. The second-order valence-electron chi connectivity index (χ2n) is 6.52. The molecule has 1 aliphatic rings. The summed E-state index contributed by atoms with van der Waals surface area (Å²) in [7, 11) is 0. The van der Waals surface area contributed by atoms with E-state index in [1.807, 2.05) is 24.3 Å². The first-order chi connectivity index (χ1) is 12.8. The van der Waals surface area contributed by atoms with Gasteiger partial charge in [-0.3, -0.25) is 0 Å². The SMILES string of the molecule is OC(O)C1C=Cc2cc(-c3coc(-c4ccccc4C(O)(O)O)c3)ccc21. The van der Waals surface area contributed by atoms with Crippen molar-refractivity contribution in [2.75, 3.05) is 0 Å². The van der Waals surface area contributed by atoms with Crippen LogP contribution >= 0.6 is 0 Å². The van der Waals surface area contributed by atoms with E-state index < -0.39 is 18.2 Å². The van der Waals surface area contributed by atoms with E-state index in [1.54, 1.807) is 36.6 Å². The molecule has 4 rings (SSSR count). The first-order valence-electron chi connectivity index (χ1n) is 8.39. The molecule has 0 saturated carbocycles. The van der Waals surface area contributed by atoms with Gasteiger partial charge >= 0.3 is 5.97 Å². The third kappa shape index (κ3) is 3.21. The Labute approximate surface area is 154 Å². The molecule has 0 radical (unpaired) electrons. The average Bonchev–Trinajstić information content (AvgIpc) is 3.27. The number of aliphatic hydroxyl groups is 5. The normalized spacial score (nSPS) is 16.1. The molecule has 138 valence electrons. The minimum atomic E-state index is -2.97. The van der Waals surface area contributed by atoms with Crippen molar-refractivity contribution in [2.45, 2.75) is 18.2 Å². The predicted octanol–water partition coefficient (Wildman–Crippen LogP) is 2.12. The molecule has 1 unspecified atom stereocenters. The highest BCUT2D eigenvalue weighted by Gasteiger charge is 2.27. The zero-order chi connectivity index (χ0) is 19.2. The number of rotatable bonds is 4. The van der Waals surface area contributed by atoms with E-state index in [0.29, 0.717) is 11.3 Å². The van der Waals surface area contributed by atoms with Crippen LogP contribution in [0.25, 0.3) is 28.5 Å². The Morgan fingerprint density at radius 2 is 1.70 bits per heavy atom. The van der Waals surface area contributed by atoms with Gasteiger partial charge in [0.15, 0.2) is 6.29 Å². The summed E-state index contributed by atoms with van der Waals surface area (Å²) < 4.78 is 5.59. The second-order valence-corrected chi connectivity index (χ2v) is 6.52. The summed E-state index contributed by atoms with van der Waals surface area (Å²) >= 11 is 0. The zero-order valence-corrected chi connectivity index (χ0v) is 14.1. The van der Waals surface area contributed by atoms with Crippen molar-refractivity contribution >= 4 is 6.08 Å². The van der Waals surface area contributed by atoms with Gasteiger partial charge in [-0.15, -0.1) is 0 Å². The Morgan fingerprint density at radius 3 is 2.44 bits per heavy atom. The van der Waals surface area contributed by atoms with Crippen LogP contribution in [0.1, 0.15) is 22.6 Å². The lowest BCUT2D eigenvalue weighted by atomic mass is 9.96. The van der Waals surface area contributed by atoms with Crippen LogP contribution in [0.4, 0.5) is 0 Å². The van der Waals surface area contributed by atoms with Gasteiger partial charge in [0.2, 0.25) is 0 Å². The standard InChI is InChI=1S/C21H18O6/c22-20(23)16-8-6-13-9-12(5-7-15(13)16)14-10-19(27-11-14)17-3-1-2-4-18(17)21(24,25)26/h1-11,16,20,22-26H. The molecule has 0 aliphatic heterocycles. The third-order valence-corrected chi connectivity index (χ3v) is 4.74. The highest BCUT2D eigenvalue weighted by atomic mass is 16.7. The van der Waals surface area contributed by atoms with Crippen LogP contribution in [0.3, 0.4) is 0 Å². The summed E-state index contributed by atoms with van der Waals surface area (Å²) in [4.78, 5) is 0. The predicted molar refractivity (Wildman–Crippen MR) is 97.9 cm³/mol. The molecule has 0 spiro atoms. The second kappa shape index (κ2) is 6.45. The van der Waals surface area contributed by atoms with E-state index in [2.05, 4.69) is 0 Å². The molecule has 1 aromatic heterocycles. The van der Waals surface area contributed by atoms with Crippen molar-refractivity contribution in [3.8, 4) is 22.5 Å². The van der Waals surface area contributed by atoms with Crippen molar-refractivity contribution in [1.29, 1.82) is 0 Å². The lowest BCUT2D eigenvalue weighted by molar-refractivity contribution is -0.323. The topological polar surface area (TPSA) is 114 Å². The number of aliphatic hydroxyl groups excluding tert-OH is 1. The highest BCUT2D eigenvalue weighted by molar-refractivity contribution is 5.75. The van der Waals surface area contributed by atoms with Gasteiger partial charge in [0.1, 0.15) is 5.76 Å². The van der Waals surface area contributed by atoms with E-state index in [4.69, 9.17) is 4.42 Å². The number of benzene rings is 2. The van der Waals surface area contributed by atoms with Crippen molar-refractivity contribution < 1.29 is 29.9 Å². The van der Waals surface area contributed by atoms with Crippen molar-refractivity contribution in [2.24, 2.45) is 0 Å². The van der Waals surface area contributed by atoms with E-state index in [1.165, 1.54) is 6.07 Å². The smallest absolute Gasteiger partial charge is 0.305 e. The Morgan fingerprint density at radius 1 is 0.926 bits per heavy atom. The monoisotopic (exact) mass is 366 g/mol. The Bertz CT molecular complexity index is 1010. The molecule has 2 aromatic carbocycles. The molecule has 1 atom stereocenters. The molecule has 6 heteroatoms. The van der Waals surface area contributed by atoms with E-state index in [9.17, 15) is 25.5 Å². The van der Waals surface area contributed by atoms with Crippen LogP contribution in [0.5, 0.6) is 0 Å². The van der Waals surface area contributed by atoms with E-state index in [-0.39, 0.29) is 5.56 Å². The van der Waals surface area contributed by atoms with Crippen LogP contribution in [0.15, 0.2) is 65.3 Å². The molecule has 1 heterocycles. The maximum absolute atomic E-state index is 9.55. The molecule has 5 N–H and O–H groups in total. The molecule has 3 aromatic rings. The van der Waals surface area contributed by atoms with Crippen LogP contribution in [-0.4, -0.2) is 31.8 Å². The fourth-order valence-corrected chi connectivity index (χ4v) is 3.39. The molecule has 0 bridgehead atoms. The summed E-state index contributed by atoms with van der Waals surface area (Å²) in [6.45, 7) is 0. The number of fused-ring (bicyclic) bond motifs is 1. The van der Waals surface area contributed by atoms with Gasteiger partial charge in [-0.25, -0.2) is 0 Å². The largest absolute Gasteiger partial charge is 0.464 e. The Hall–Kier alpha value is -2.74. The average molecular weight is 366 g/mol. The maximum atomic E-state index is 9.55. The number of hydrogen-bond acceptors (Lipinski definition) is 6.